The van der Waals surface area contributed by atoms with Gasteiger partial charge in [-0.05, 0) is 62.0 Å². The first-order chi connectivity index (χ1) is 19.8. The molecule has 3 aromatic heterocycles. The maximum atomic E-state index is 13.3. The van der Waals surface area contributed by atoms with Crippen LogP contribution >= 0.6 is 0 Å². The molecule has 1 N–H and O–H groups in total. The molecule has 0 bridgehead atoms. The fourth-order valence-electron chi connectivity index (χ4n) is 5.21. The average molecular weight is 552 g/mol. The Labute approximate surface area is 236 Å². The van der Waals surface area contributed by atoms with Crippen molar-refractivity contribution in [2.75, 3.05) is 43.4 Å². The van der Waals surface area contributed by atoms with Gasteiger partial charge in [0.15, 0.2) is 11.5 Å². The van der Waals surface area contributed by atoms with E-state index in [1.165, 1.54) is 27.3 Å². The van der Waals surface area contributed by atoms with Crippen LogP contribution < -0.4 is 21.3 Å². The van der Waals surface area contributed by atoms with Crippen molar-refractivity contribution in [2.24, 2.45) is 0 Å². The molecule has 0 radical (unpaired) electrons. The highest BCUT2D eigenvalue weighted by atomic mass is 16.1. The second-order valence-electron chi connectivity index (χ2n) is 10.6. The molecule has 2 aromatic carbocycles. The van der Waals surface area contributed by atoms with Crippen LogP contribution in [0.25, 0.3) is 27.6 Å². The maximum absolute atomic E-state index is 13.3. The zero-order valence-electron chi connectivity index (χ0n) is 23.5. The maximum Gasteiger partial charge on any atom is 0.278 e. The molecule has 4 heterocycles. The molecule has 0 saturated carbocycles. The van der Waals surface area contributed by atoms with E-state index in [4.69, 9.17) is 4.98 Å². The zero-order chi connectivity index (χ0) is 28.7. The van der Waals surface area contributed by atoms with Crippen molar-refractivity contribution in [1.29, 1.82) is 0 Å². The number of hydrogen-bond acceptors (Lipinski definition) is 8. The Balaban J connectivity index is 1.36. The number of anilines is 3. The SMILES string of the molecule is C=CCn1c(=O)c2cnc(Nc3ccc4cc(N5CCN(C)CC5)ccc4c3)nc2n1-c1ccc(=O)n(C(C)C)n1. The molecule has 11 nitrogen and oxygen atoms in total. The van der Waals surface area contributed by atoms with Gasteiger partial charge < -0.3 is 15.1 Å². The Morgan fingerprint density at radius 1 is 1.00 bits per heavy atom. The van der Waals surface area contributed by atoms with E-state index < -0.39 is 0 Å². The van der Waals surface area contributed by atoms with Crippen molar-refractivity contribution in [2.45, 2.75) is 26.4 Å². The second-order valence-corrected chi connectivity index (χ2v) is 10.6. The molecule has 1 saturated heterocycles. The number of allylic oxidation sites excluding steroid dienone is 1. The Bertz CT molecular complexity index is 1880. The van der Waals surface area contributed by atoms with Crippen LogP contribution in [-0.2, 0) is 6.54 Å². The number of benzene rings is 2. The first kappa shape index (κ1) is 26.5. The van der Waals surface area contributed by atoms with Crippen molar-refractivity contribution in [1.82, 2.24) is 34.0 Å². The predicted molar refractivity (Wildman–Crippen MR) is 163 cm³/mol. The van der Waals surface area contributed by atoms with Gasteiger partial charge in [0, 0.05) is 49.8 Å². The Morgan fingerprint density at radius 3 is 2.51 bits per heavy atom. The number of rotatable bonds is 7. The van der Waals surface area contributed by atoms with Crippen LogP contribution in [0.15, 0.2) is 77.0 Å². The van der Waals surface area contributed by atoms with Crippen LogP contribution in [0.1, 0.15) is 19.9 Å². The molecular formula is C30H33N9O2. The number of likely N-dealkylation sites (N-methyl/N-ethyl adjacent to an activating group) is 1. The third-order valence-corrected chi connectivity index (χ3v) is 7.44. The van der Waals surface area contributed by atoms with Crippen molar-refractivity contribution >= 4 is 39.1 Å². The van der Waals surface area contributed by atoms with Gasteiger partial charge in [-0.1, -0.05) is 18.2 Å². The topological polar surface area (TPSA) is 106 Å². The van der Waals surface area contributed by atoms with E-state index in [0.29, 0.717) is 22.8 Å². The van der Waals surface area contributed by atoms with Crippen LogP contribution in [0, 0.1) is 0 Å². The van der Waals surface area contributed by atoms with Crippen molar-refractivity contribution < 1.29 is 0 Å². The summed E-state index contributed by atoms with van der Waals surface area (Å²) in [5, 5.41) is 10.4. The van der Waals surface area contributed by atoms with Crippen LogP contribution in [0.3, 0.4) is 0 Å². The van der Waals surface area contributed by atoms with Gasteiger partial charge in [0.05, 0.1) is 12.6 Å². The van der Waals surface area contributed by atoms with Crippen molar-refractivity contribution in [3.8, 4) is 5.82 Å². The van der Waals surface area contributed by atoms with E-state index in [0.717, 1.165) is 42.6 Å². The molecule has 0 aliphatic carbocycles. The third-order valence-electron chi connectivity index (χ3n) is 7.44. The van der Waals surface area contributed by atoms with Crippen LogP contribution in [0.2, 0.25) is 0 Å². The molecule has 5 aromatic rings. The quantitative estimate of drug-likeness (QED) is 0.306. The Kier molecular flexibility index (Phi) is 6.88. The van der Waals surface area contributed by atoms with Gasteiger partial charge in [-0.25, -0.2) is 19.0 Å². The first-order valence-electron chi connectivity index (χ1n) is 13.8. The monoisotopic (exact) mass is 551 g/mol. The number of hydrogen-bond donors (Lipinski definition) is 1. The molecule has 6 rings (SSSR count). The fourth-order valence-corrected chi connectivity index (χ4v) is 5.21. The van der Waals surface area contributed by atoms with E-state index in [-0.39, 0.29) is 23.7 Å². The molecule has 1 fully saturated rings. The van der Waals surface area contributed by atoms with Crippen molar-refractivity contribution in [3.63, 3.8) is 0 Å². The number of fused-ring (bicyclic) bond motifs is 2. The Morgan fingerprint density at radius 2 is 1.76 bits per heavy atom. The second kappa shape index (κ2) is 10.7. The smallest absolute Gasteiger partial charge is 0.278 e. The average Bonchev–Trinajstić information content (AvgIpc) is 3.24. The van der Waals surface area contributed by atoms with E-state index in [2.05, 4.69) is 69.2 Å². The van der Waals surface area contributed by atoms with E-state index in [1.54, 1.807) is 16.8 Å². The standard InChI is InChI=1S/C30H33N9O2/c1-5-12-37-29(41)25-19-31-30(33-28(25)39(37)26-10-11-27(40)38(34-26)20(2)3)32-23-8-6-22-18-24(9-7-21(22)17-23)36-15-13-35(4)14-16-36/h5-11,17-20H,1,12-16H2,2-4H3,(H,31,32,33). The zero-order valence-corrected chi connectivity index (χ0v) is 23.5. The fraction of sp³-hybridized carbons (Fsp3) is 0.300. The van der Waals surface area contributed by atoms with E-state index in [1.807, 2.05) is 19.9 Å². The normalized spacial score (nSPS) is 14.3. The van der Waals surface area contributed by atoms with Gasteiger partial charge >= 0.3 is 0 Å². The minimum Gasteiger partial charge on any atom is -0.369 e. The summed E-state index contributed by atoms with van der Waals surface area (Å²) in [5.74, 6) is 0.742. The lowest BCUT2D eigenvalue weighted by molar-refractivity contribution is 0.313. The first-order valence-corrected chi connectivity index (χ1v) is 13.8. The van der Waals surface area contributed by atoms with Crippen LogP contribution in [0.4, 0.5) is 17.3 Å². The summed E-state index contributed by atoms with van der Waals surface area (Å²) in [7, 11) is 2.16. The predicted octanol–water partition coefficient (Wildman–Crippen LogP) is 3.55. The lowest BCUT2D eigenvalue weighted by Crippen LogP contribution is -2.44. The van der Waals surface area contributed by atoms with Crippen molar-refractivity contribution in [3.05, 3.63) is 88.1 Å². The van der Waals surface area contributed by atoms with Gasteiger partial charge in [-0.2, -0.15) is 4.98 Å². The largest absolute Gasteiger partial charge is 0.369 e. The minimum atomic E-state index is -0.266. The number of nitrogens with one attached hydrogen (secondary N) is 1. The number of aromatic nitrogens is 6. The highest BCUT2D eigenvalue weighted by Gasteiger charge is 2.19. The molecule has 1 aliphatic heterocycles. The highest BCUT2D eigenvalue weighted by Crippen LogP contribution is 2.27. The summed E-state index contributed by atoms with van der Waals surface area (Å²) in [6.45, 7) is 12.0. The van der Waals surface area contributed by atoms with Gasteiger partial charge in [-0.15, -0.1) is 11.7 Å². The van der Waals surface area contributed by atoms with Crippen LogP contribution in [-0.4, -0.2) is 67.2 Å². The van der Waals surface area contributed by atoms with Crippen LogP contribution in [0.5, 0.6) is 0 Å². The molecule has 41 heavy (non-hydrogen) atoms. The van der Waals surface area contributed by atoms with Gasteiger partial charge in [-0.3, -0.25) is 9.59 Å². The number of nitrogens with zero attached hydrogens (tertiary/aromatic N) is 8. The number of piperazine rings is 1. The molecule has 1 aliphatic rings. The molecule has 210 valence electrons. The lowest BCUT2D eigenvalue weighted by Gasteiger charge is -2.34. The summed E-state index contributed by atoms with van der Waals surface area (Å²) in [5.41, 5.74) is 1.96. The lowest BCUT2D eigenvalue weighted by atomic mass is 10.1. The summed E-state index contributed by atoms with van der Waals surface area (Å²) in [4.78, 5) is 39.5. The molecule has 0 spiro atoms. The third kappa shape index (κ3) is 5.00. The highest BCUT2D eigenvalue weighted by molar-refractivity contribution is 5.89. The molecule has 11 heteroatoms. The molecule has 0 unspecified atom stereocenters. The molecule has 0 amide bonds. The summed E-state index contributed by atoms with van der Waals surface area (Å²) >= 11 is 0. The van der Waals surface area contributed by atoms with Gasteiger partial charge in [0.1, 0.15) is 5.39 Å². The molecular weight excluding hydrogens is 518 g/mol. The van der Waals surface area contributed by atoms with E-state index in [9.17, 15) is 9.59 Å². The summed E-state index contributed by atoms with van der Waals surface area (Å²) < 4.78 is 4.49. The summed E-state index contributed by atoms with van der Waals surface area (Å²) in [6, 6.07) is 15.6. The summed E-state index contributed by atoms with van der Waals surface area (Å²) in [6.07, 6.45) is 3.15. The molecule has 0 atom stereocenters. The van der Waals surface area contributed by atoms with Gasteiger partial charge in [0.25, 0.3) is 11.1 Å². The Hall–Kier alpha value is -4.77. The van der Waals surface area contributed by atoms with E-state index >= 15 is 0 Å². The minimum absolute atomic E-state index is 0.152. The van der Waals surface area contributed by atoms with Gasteiger partial charge in [0.2, 0.25) is 5.95 Å².